The van der Waals surface area contributed by atoms with Crippen LogP contribution < -0.4 is 0 Å². The van der Waals surface area contributed by atoms with Crippen molar-refractivity contribution in [2.45, 2.75) is 26.9 Å². The fourth-order valence-electron chi connectivity index (χ4n) is 1.12. The van der Waals surface area contributed by atoms with Gasteiger partial charge in [-0.1, -0.05) is 6.92 Å². The monoisotopic (exact) mass is 151 g/mol. The van der Waals surface area contributed by atoms with Gasteiger partial charge in [0.25, 0.3) is 0 Å². The number of hydrogen-bond acceptors (Lipinski definition) is 2. The van der Waals surface area contributed by atoms with Gasteiger partial charge >= 0.3 is 0 Å². The molecule has 2 nitrogen and oxygen atoms in total. The number of aromatic nitrogens is 1. The number of pyridine rings is 1. The lowest BCUT2D eigenvalue weighted by Gasteiger charge is -2.04. The molecule has 0 saturated heterocycles. The summed E-state index contributed by atoms with van der Waals surface area (Å²) in [6, 6.07) is 2.02. The zero-order valence-electron chi connectivity index (χ0n) is 6.96. The van der Waals surface area contributed by atoms with Gasteiger partial charge in [0.15, 0.2) is 0 Å². The van der Waals surface area contributed by atoms with Gasteiger partial charge in [0, 0.05) is 11.9 Å². The number of aliphatic hydroxyl groups is 1. The van der Waals surface area contributed by atoms with Crippen molar-refractivity contribution in [2.75, 3.05) is 0 Å². The summed E-state index contributed by atoms with van der Waals surface area (Å²) in [6.07, 6.45) is 2.70. The molecule has 11 heavy (non-hydrogen) atoms. The first-order chi connectivity index (χ1) is 5.27. The summed E-state index contributed by atoms with van der Waals surface area (Å²) in [5, 5.41) is 8.90. The number of aryl methyl sites for hydroxylation is 2. The van der Waals surface area contributed by atoms with E-state index in [0.717, 1.165) is 17.7 Å². The molecular formula is C9H13NO. The van der Waals surface area contributed by atoms with Crippen LogP contribution in [0.5, 0.6) is 0 Å². The second-order valence-electron chi connectivity index (χ2n) is 2.61. The van der Waals surface area contributed by atoms with Gasteiger partial charge in [-0.05, 0) is 30.5 Å². The van der Waals surface area contributed by atoms with Crippen molar-refractivity contribution in [1.82, 2.24) is 4.98 Å². The molecule has 0 amide bonds. The molecule has 0 spiro atoms. The Labute approximate surface area is 66.9 Å². The third-order valence-electron chi connectivity index (χ3n) is 1.77. The fourth-order valence-corrected chi connectivity index (χ4v) is 1.12. The van der Waals surface area contributed by atoms with Crippen molar-refractivity contribution in [3.05, 3.63) is 29.1 Å². The van der Waals surface area contributed by atoms with Gasteiger partial charge in [0.05, 0.1) is 6.61 Å². The maximum Gasteiger partial charge on any atom is 0.0699 e. The molecule has 60 valence electrons. The normalized spacial score (nSPS) is 10.1. The van der Waals surface area contributed by atoms with Crippen LogP contribution in [0.3, 0.4) is 0 Å². The van der Waals surface area contributed by atoms with E-state index in [1.807, 2.05) is 13.0 Å². The standard InChI is InChI=1S/C9H13NO/c1-3-8-4-7(2)10-5-9(8)6-11/h4-5,11H,3,6H2,1-2H3. The van der Waals surface area contributed by atoms with Crippen LogP contribution in [0.2, 0.25) is 0 Å². The topological polar surface area (TPSA) is 33.1 Å². The van der Waals surface area contributed by atoms with Gasteiger partial charge < -0.3 is 5.11 Å². The lowest BCUT2D eigenvalue weighted by molar-refractivity contribution is 0.280. The second kappa shape index (κ2) is 3.49. The molecule has 0 fully saturated rings. The molecule has 1 aromatic heterocycles. The highest BCUT2D eigenvalue weighted by Crippen LogP contribution is 2.09. The molecule has 0 unspecified atom stereocenters. The Balaban J connectivity index is 3.06. The Kier molecular flexibility index (Phi) is 2.60. The van der Waals surface area contributed by atoms with E-state index in [2.05, 4.69) is 11.9 Å². The maximum atomic E-state index is 8.90. The Morgan fingerprint density at radius 1 is 1.45 bits per heavy atom. The van der Waals surface area contributed by atoms with Crippen LogP contribution in [0.25, 0.3) is 0 Å². The molecule has 0 bridgehead atoms. The quantitative estimate of drug-likeness (QED) is 0.693. The average molecular weight is 151 g/mol. The van der Waals surface area contributed by atoms with Crippen molar-refractivity contribution in [3.63, 3.8) is 0 Å². The number of hydrogen-bond donors (Lipinski definition) is 1. The van der Waals surface area contributed by atoms with E-state index >= 15 is 0 Å². The number of aliphatic hydroxyl groups excluding tert-OH is 1. The molecule has 0 atom stereocenters. The van der Waals surface area contributed by atoms with Gasteiger partial charge in [0.1, 0.15) is 0 Å². The summed E-state index contributed by atoms with van der Waals surface area (Å²) in [5.74, 6) is 0. The van der Waals surface area contributed by atoms with E-state index < -0.39 is 0 Å². The molecule has 0 aliphatic rings. The molecule has 1 aromatic rings. The summed E-state index contributed by atoms with van der Waals surface area (Å²) >= 11 is 0. The molecule has 0 radical (unpaired) electrons. The molecule has 0 aliphatic heterocycles. The van der Waals surface area contributed by atoms with Crippen molar-refractivity contribution in [2.24, 2.45) is 0 Å². The third-order valence-corrected chi connectivity index (χ3v) is 1.77. The lowest BCUT2D eigenvalue weighted by Crippen LogP contribution is -1.95. The molecule has 1 heterocycles. The Morgan fingerprint density at radius 3 is 2.73 bits per heavy atom. The molecular weight excluding hydrogens is 138 g/mol. The predicted molar refractivity (Wildman–Crippen MR) is 44.3 cm³/mol. The van der Waals surface area contributed by atoms with E-state index in [1.54, 1.807) is 6.20 Å². The van der Waals surface area contributed by atoms with E-state index in [9.17, 15) is 0 Å². The zero-order valence-corrected chi connectivity index (χ0v) is 6.96. The van der Waals surface area contributed by atoms with Gasteiger partial charge in [-0.15, -0.1) is 0 Å². The van der Waals surface area contributed by atoms with Crippen molar-refractivity contribution < 1.29 is 5.11 Å². The minimum absolute atomic E-state index is 0.0937. The van der Waals surface area contributed by atoms with Gasteiger partial charge in [-0.25, -0.2) is 0 Å². The highest BCUT2D eigenvalue weighted by molar-refractivity contribution is 5.25. The maximum absolute atomic E-state index is 8.90. The highest BCUT2D eigenvalue weighted by Gasteiger charge is 1.99. The minimum Gasteiger partial charge on any atom is -0.392 e. The second-order valence-corrected chi connectivity index (χ2v) is 2.61. The van der Waals surface area contributed by atoms with Crippen molar-refractivity contribution >= 4 is 0 Å². The molecule has 0 aliphatic carbocycles. The first-order valence-corrected chi connectivity index (χ1v) is 3.83. The predicted octanol–water partition coefficient (Wildman–Crippen LogP) is 1.44. The fraction of sp³-hybridized carbons (Fsp3) is 0.444. The van der Waals surface area contributed by atoms with Gasteiger partial charge in [-0.2, -0.15) is 0 Å². The van der Waals surface area contributed by atoms with Crippen LogP contribution in [0.1, 0.15) is 23.7 Å². The van der Waals surface area contributed by atoms with E-state index in [4.69, 9.17) is 5.11 Å². The summed E-state index contributed by atoms with van der Waals surface area (Å²) in [7, 11) is 0. The molecule has 1 rings (SSSR count). The Bertz CT molecular complexity index is 245. The van der Waals surface area contributed by atoms with Crippen LogP contribution in [-0.4, -0.2) is 10.1 Å². The van der Waals surface area contributed by atoms with E-state index in [-0.39, 0.29) is 6.61 Å². The van der Waals surface area contributed by atoms with Crippen LogP contribution in [0.4, 0.5) is 0 Å². The lowest BCUT2D eigenvalue weighted by atomic mass is 10.1. The SMILES string of the molecule is CCc1cc(C)ncc1CO. The minimum atomic E-state index is 0.0937. The third kappa shape index (κ3) is 1.77. The summed E-state index contributed by atoms with van der Waals surface area (Å²) < 4.78 is 0. The number of nitrogens with zero attached hydrogens (tertiary/aromatic N) is 1. The largest absolute Gasteiger partial charge is 0.392 e. The summed E-state index contributed by atoms with van der Waals surface area (Å²) in [5.41, 5.74) is 3.15. The van der Waals surface area contributed by atoms with Crippen LogP contribution in [0.15, 0.2) is 12.3 Å². The highest BCUT2D eigenvalue weighted by atomic mass is 16.3. The van der Waals surface area contributed by atoms with E-state index in [1.165, 1.54) is 5.56 Å². The van der Waals surface area contributed by atoms with Gasteiger partial charge in [0.2, 0.25) is 0 Å². The summed E-state index contributed by atoms with van der Waals surface area (Å²) in [6.45, 7) is 4.13. The Morgan fingerprint density at radius 2 is 2.18 bits per heavy atom. The zero-order chi connectivity index (χ0) is 8.27. The molecule has 0 saturated carbocycles. The first-order valence-electron chi connectivity index (χ1n) is 3.83. The van der Waals surface area contributed by atoms with Crippen molar-refractivity contribution in [1.29, 1.82) is 0 Å². The van der Waals surface area contributed by atoms with Crippen LogP contribution in [0, 0.1) is 6.92 Å². The molecule has 2 heteroatoms. The molecule has 0 aromatic carbocycles. The van der Waals surface area contributed by atoms with Gasteiger partial charge in [-0.3, -0.25) is 4.98 Å². The summed E-state index contributed by atoms with van der Waals surface area (Å²) in [4.78, 5) is 4.10. The van der Waals surface area contributed by atoms with Crippen LogP contribution >= 0.6 is 0 Å². The first kappa shape index (κ1) is 8.21. The smallest absolute Gasteiger partial charge is 0.0699 e. The van der Waals surface area contributed by atoms with E-state index in [0.29, 0.717) is 0 Å². The van der Waals surface area contributed by atoms with Crippen LogP contribution in [-0.2, 0) is 13.0 Å². The number of rotatable bonds is 2. The average Bonchev–Trinajstić information content (AvgIpc) is 2.04. The Hall–Kier alpha value is -0.890. The molecule has 1 N–H and O–H groups in total. The van der Waals surface area contributed by atoms with Crippen molar-refractivity contribution in [3.8, 4) is 0 Å².